The SMILES string of the molecule is Cc1cccc(C(=O)OCc2cc(=O)n3cc(C)sc3n2)c1. The van der Waals surface area contributed by atoms with Crippen molar-refractivity contribution in [3.05, 3.63) is 68.6 Å². The maximum absolute atomic E-state index is 12.0. The number of esters is 1. The maximum Gasteiger partial charge on any atom is 0.338 e. The van der Waals surface area contributed by atoms with Gasteiger partial charge in [0.2, 0.25) is 0 Å². The lowest BCUT2D eigenvalue weighted by atomic mass is 10.1. The second-order valence-electron chi connectivity index (χ2n) is 5.03. The fraction of sp³-hybridized carbons (Fsp3) is 0.188. The second kappa shape index (κ2) is 5.73. The molecule has 0 aliphatic heterocycles. The fourth-order valence-corrected chi connectivity index (χ4v) is 2.98. The van der Waals surface area contributed by atoms with Gasteiger partial charge in [-0.2, -0.15) is 0 Å². The number of aromatic nitrogens is 2. The number of hydrogen-bond acceptors (Lipinski definition) is 5. The molecule has 2 heterocycles. The highest BCUT2D eigenvalue weighted by Gasteiger charge is 2.10. The van der Waals surface area contributed by atoms with Gasteiger partial charge in [-0.05, 0) is 26.0 Å². The van der Waals surface area contributed by atoms with Gasteiger partial charge in [0.25, 0.3) is 5.56 Å². The van der Waals surface area contributed by atoms with Crippen molar-refractivity contribution in [1.82, 2.24) is 9.38 Å². The third-order valence-electron chi connectivity index (χ3n) is 3.14. The van der Waals surface area contributed by atoms with Crippen molar-refractivity contribution in [2.75, 3.05) is 0 Å². The van der Waals surface area contributed by atoms with Crippen LogP contribution in [-0.2, 0) is 11.3 Å². The summed E-state index contributed by atoms with van der Waals surface area (Å²) in [6.07, 6.45) is 1.75. The molecule has 0 amide bonds. The maximum atomic E-state index is 12.0. The first-order valence-corrected chi connectivity index (χ1v) is 7.57. The van der Waals surface area contributed by atoms with Gasteiger partial charge in [-0.25, -0.2) is 9.78 Å². The van der Waals surface area contributed by atoms with Crippen LogP contribution < -0.4 is 5.56 Å². The molecule has 112 valence electrons. The van der Waals surface area contributed by atoms with Crippen molar-refractivity contribution in [3.8, 4) is 0 Å². The Morgan fingerprint density at radius 3 is 2.91 bits per heavy atom. The molecular weight excluding hydrogens is 300 g/mol. The summed E-state index contributed by atoms with van der Waals surface area (Å²) in [5.74, 6) is -0.423. The molecule has 0 aliphatic rings. The van der Waals surface area contributed by atoms with E-state index in [1.807, 2.05) is 19.9 Å². The van der Waals surface area contributed by atoms with Crippen LogP contribution in [0.4, 0.5) is 0 Å². The molecule has 1 aromatic carbocycles. The molecule has 0 saturated carbocycles. The Morgan fingerprint density at radius 2 is 2.14 bits per heavy atom. The van der Waals surface area contributed by atoms with Crippen molar-refractivity contribution in [2.45, 2.75) is 20.5 Å². The molecule has 0 N–H and O–H groups in total. The number of fused-ring (bicyclic) bond motifs is 1. The Morgan fingerprint density at radius 1 is 1.32 bits per heavy atom. The van der Waals surface area contributed by atoms with Crippen LogP contribution in [-0.4, -0.2) is 15.4 Å². The van der Waals surface area contributed by atoms with E-state index in [0.29, 0.717) is 16.2 Å². The third-order valence-corrected chi connectivity index (χ3v) is 4.04. The van der Waals surface area contributed by atoms with Crippen LogP contribution in [0, 0.1) is 13.8 Å². The summed E-state index contributed by atoms with van der Waals surface area (Å²) in [6.45, 7) is 3.80. The predicted octanol–water partition coefficient (Wildman–Crippen LogP) is 2.73. The lowest BCUT2D eigenvalue weighted by Crippen LogP contribution is -2.14. The van der Waals surface area contributed by atoms with E-state index in [4.69, 9.17) is 4.74 Å². The van der Waals surface area contributed by atoms with Crippen molar-refractivity contribution in [2.24, 2.45) is 0 Å². The Labute approximate surface area is 130 Å². The number of ether oxygens (including phenoxy) is 1. The van der Waals surface area contributed by atoms with E-state index in [0.717, 1.165) is 10.4 Å². The van der Waals surface area contributed by atoms with Gasteiger partial charge in [0, 0.05) is 17.1 Å². The average molecular weight is 314 g/mol. The van der Waals surface area contributed by atoms with Crippen LogP contribution in [0.25, 0.3) is 4.96 Å². The van der Waals surface area contributed by atoms with Crippen molar-refractivity contribution in [1.29, 1.82) is 0 Å². The number of thiazole rings is 1. The summed E-state index contributed by atoms with van der Waals surface area (Å²) in [7, 11) is 0. The summed E-state index contributed by atoms with van der Waals surface area (Å²) < 4.78 is 6.73. The summed E-state index contributed by atoms with van der Waals surface area (Å²) in [5.41, 5.74) is 1.76. The largest absolute Gasteiger partial charge is 0.456 e. The predicted molar refractivity (Wildman–Crippen MR) is 84.4 cm³/mol. The molecule has 3 aromatic rings. The fourth-order valence-electron chi connectivity index (χ4n) is 2.13. The molecular formula is C16H14N2O3S. The van der Waals surface area contributed by atoms with Crippen LogP contribution in [0.1, 0.15) is 26.5 Å². The molecule has 2 aromatic heterocycles. The van der Waals surface area contributed by atoms with Crippen molar-refractivity contribution < 1.29 is 9.53 Å². The molecule has 0 saturated heterocycles. The number of carbonyl (C=O) groups is 1. The monoisotopic (exact) mass is 314 g/mol. The quantitative estimate of drug-likeness (QED) is 0.697. The number of carbonyl (C=O) groups excluding carboxylic acids is 1. The molecule has 0 fully saturated rings. The van der Waals surface area contributed by atoms with Crippen molar-refractivity contribution >= 4 is 22.3 Å². The average Bonchev–Trinajstić information content (AvgIpc) is 2.86. The van der Waals surface area contributed by atoms with Crippen molar-refractivity contribution in [3.63, 3.8) is 0 Å². The molecule has 5 nitrogen and oxygen atoms in total. The lowest BCUT2D eigenvalue weighted by molar-refractivity contribution is 0.0467. The minimum atomic E-state index is -0.423. The smallest absolute Gasteiger partial charge is 0.338 e. The minimum absolute atomic E-state index is 0.0184. The minimum Gasteiger partial charge on any atom is -0.456 e. The first-order valence-electron chi connectivity index (χ1n) is 6.75. The van der Waals surface area contributed by atoms with Crippen LogP contribution in [0.3, 0.4) is 0 Å². The van der Waals surface area contributed by atoms with Gasteiger partial charge < -0.3 is 4.74 Å². The van der Waals surface area contributed by atoms with Gasteiger partial charge in [-0.1, -0.05) is 17.7 Å². The number of benzene rings is 1. The van der Waals surface area contributed by atoms with Gasteiger partial charge >= 0.3 is 5.97 Å². The zero-order valence-electron chi connectivity index (χ0n) is 12.2. The summed E-state index contributed by atoms with van der Waals surface area (Å²) in [5, 5.41) is 0. The zero-order chi connectivity index (χ0) is 15.7. The molecule has 6 heteroatoms. The summed E-state index contributed by atoms with van der Waals surface area (Å²) >= 11 is 1.42. The summed E-state index contributed by atoms with van der Waals surface area (Å²) in [4.78, 5) is 29.9. The topological polar surface area (TPSA) is 60.7 Å². The first kappa shape index (κ1) is 14.5. The Bertz CT molecular complexity index is 911. The summed E-state index contributed by atoms with van der Waals surface area (Å²) in [6, 6.07) is 8.56. The van der Waals surface area contributed by atoms with E-state index >= 15 is 0 Å². The number of nitrogens with zero attached hydrogens (tertiary/aromatic N) is 2. The first-order chi connectivity index (χ1) is 10.5. The van der Waals surface area contributed by atoms with E-state index in [-0.39, 0.29) is 12.2 Å². The van der Waals surface area contributed by atoms with Gasteiger partial charge in [0.05, 0.1) is 11.3 Å². The second-order valence-corrected chi connectivity index (χ2v) is 6.24. The van der Waals surface area contributed by atoms with Gasteiger partial charge in [-0.3, -0.25) is 9.20 Å². The molecule has 0 spiro atoms. The molecule has 0 atom stereocenters. The number of rotatable bonds is 3. The van der Waals surface area contributed by atoms with Gasteiger partial charge in [-0.15, -0.1) is 11.3 Å². The lowest BCUT2D eigenvalue weighted by Gasteiger charge is -2.05. The normalized spacial score (nSPS) is 10.8. The van der Waals surface area contributed by atoms with Gasteiger partial charge in [0.1, 0.15) is 6.61 Å². The highest BCUT2D eigenvalue weighted by atomic mass is 32.1. The third kappa shape index (κ3) is 2.92. The van der Waals surface area contributed by atoms with Crippen LogP contribution in [0.15, 0.2) is 41.3 Å². The standard InChI is InChI=1S/C16H14N2O3S/c1-10-4-3-5-12(6-10)15(20)21-9-13-7-14(19)18-8-11(2)22-16(18)17-13/h3-8H,9H2,1-2H3. The number of hydrogen-bond donors (Lipinski definition) is 0. The van der Waals surface area contributed by atoms with E-state index in [1.54, 1.807) is 24.4 Å². The van der Waals surface area contributed by atoms with Crippen LogP contribution in [0.2, 0.25) is 0 Å². The zero-order valence-corrected chi connectivity index (χ0v) is 13.0. The Balaban J connectivity index is 1.79. The van der Waals surface area contributed by atoms with Crippen LogP contribution >= 0.6 is 11.3 Å². The van der Waals surface area contributed by atoms with Crippen LogP contribution in [0.5, 0.6) is 0 Å². The van der Waals surface area contributed by atoms with E-state index in [9.17, 15) is 9.59 Å². The Hall–Kier alpha value is -2.47. The molecule has 0 aliphatic carbocycles. The molecule has 0 bridgehead atoms. The molecule has 0 radical (unpaired) electrons. The molecule has 22 heavy (non-hydrogen) atoms. The Kier molecular flexibility index (Phi) is 3.77. The van der Waals surface area contributed by atoms with E-state index in [1.165, 1.54) is 21.8 Å². The highest BCUT2D eigenvalue weighted by Crippen LogP contribution is 2.14. The van der Waals surface area contributed by atoms with E-state index < -0.39 is 5.97 Å². The van der Waals surface area contributed by atoms with E-state index in [2.05, 4.69) is 4.98 Å². The highest BCUT2D eigenvalue weighted by molar-refractivity contribution is 7.16. The van der Waals surface area contributed by atoms with Gasteiger partial charge in [0.15, 0.2) is 4.96 Å². The molecule has 3 rings (SSSR count). The number of aryl methyl sites for hydroxylation is 2. The molecule has 0 unspecified atom stereocenters.